The van der Waals surface area contributed by atoms with Crippen molar-refractivity contribution in [1.29, 1.82) is 0 Å². The summed E-state index contributed by atoms with van der Waals surface area (Å²) < 4.78 is 1.49. The van der Waals surface area contributed by atoms with Crippen molar-refractivity contribution < 1.29 is 9.59 Å². The van der Waals surface area contributed by atoms with E-state index in [1.54, 1.807) is 24.3 Å². The van der Waals surface area contributed by atoms with Crippen LogP contribution < -0.4 is 16.8 Å². The number of carbonyl (C=O) groups excluding carboxylic acids is 2. The van der Waals surface area contributed by atoms with E-state index in [0.29, 0.717) is 23.5 Å². The molecule has 0 aliphatic heterocycles. The third kappa shape index (κ3) is 3.35. The number of aryl methyl sites for hydroxylation is 1. The van der Waals surface area contributed by atoms with Crippen molar-refractivity contribution in [3.8, 4) is 0 Å². The van der Waals surface area contributed by atoms with Crippen LogP contribution in [-0.2, 0) is 11.3 Å². The van der Waals surface area contributed by atoms with Gasteiger partial charge in [0, 0.05) is 19.2 Å². The van der Waals surface area contributed by atoms with E-state index in [2.05, 4.69) is 10.4 Å². The highest BCUT2D eigenvalue weighted by molar-refractivity contribution is 5.94. The topological polar surface area (TPSA) is 116 Å². The molecule has 2 rings (SSSR count). The molecule has 1 heterocycles. The van der Waals surface area contributed by atoms with Crippen LogP contribution in [0.1, 0.15) is 16.8 Å². The summed E-state index contributed by atoms with van der Waals surface area (Å²) in [7, 11) is 0. The fourth-order valence-electron chi connectivity index (χ4n) is 1.65. The number of hydrogen-bond acceptors (Lipinski definition) is 4. The molecule has 104 valence electrons. The molecule has 1 aromatic heterocycles. The second-order valence-corrected chi connectivity index (χ2v) is 4.24. The van der Waals surface area contributed by atoms with Crippen LogP contribution in [-0.4, -0.2) is 21.6 Å². The van der Waals surface area contributed by atoms with Crippen molar-refractivity contribution in [3.63, 3.8) is 0 Å². The van der Waals surface area contributed by atoms with E-state index in [9.17, 15) is 9.59 Å². The predicted molar refractivity (Wildman–Crippen MR) is 74.8 cm³/mol. The Morgan fingerprint density at radius 2 is 2.05 bits per heavy atom. The van der Waals surface area contributed by atoms with E-state index in [1.165, 1.54) is 17.1 Å². The normalized spacial score (nSPS) is 10.2. The molecule has 7 nitrogen and oxygen atoms in total. The third-order valence-corrected chi connectivity index (χ3v) is 2.72. The van der Waals surface area contributed by atoms with Crippen molar-refractivity contribution in [2.75, 3.05) is 11.1 Å². The van der Waals surface area contributed by atoms with Gasteiger partial charge in [-0.3, -0.25) is 14.3 Å². The summed E-state index contributed by atoms with van der Waals surface area (Å²) in [6.07, 6.45) is 3.09. The quantitative estimate of drug-likeness (QED) is 0.691. The Kier molecular flexibility index (Phi) is 3.99. The van der Waals surface area contributed by atoms with Gasteiger partial charge in [-0.1, -0.05) is 12.1 Å². The number of anilines is 2. The first-order valence-corrected chi connectivity index (χ1v) is 6.03. The highest BCUT2D eigenvalue weighted by Crippen LogP contribution is 2.16. The third-order valence-electron chi connectivity index (χ3n) is 2.72. The van der Waals surface area contributed by atoms with Gasteiger partial charge >= 0.3 is 0 Å². The largest absolute Gasteiger partial charge is 0.397 e. The van der Waals surface area contributed by atoms with Crippen molar-refractivity contribution in [3.05, 3.63) is 42.2 Å². The number of aromatic nitrogens is 2. The number of amides is 2. The standard InChI is InChI=1S/C13H15N5O2/c14-10-3-1-2-4-11(10)17-12(19)5-6-18-8-9(7-16-18)13(15)20/h1-4,7-8H,5-6,14H2,(H2,15,20)(H,17,19). The number of nitrogen functional groups attached to an aromatic ring is 1. The second kappa shape index (κ2) is 5.87. The molecule has 0 saturated carbocycles. The number of nitrogens with two attached hydrogens (primary N) is 2. The van der Waals surface area contributed by atoms with Gasteiger partial charge < -0.3 is 16.8 Å². The maximum atomic E-state index is 11.8. The lowest BCUT2D eigenvalue weighted by Gasteiger charge is -2.07. The van der Waals surface area contributed by atoms with E-state index in [4.69, 9.17) is 11.5 Å². The first-order chi connectivity index (χ1) is 9.56. The molecule has 0 radical (unpaired) electrons. The van der Waals surface area contributed by atoms with Gasteiger partial charge in [-0.15, -0.1) is 0 Å². The Morgan fingerprint density at radius 3 is 2.70 bits per heavy atom. The molecule has 0 unspecified atom stereocenters. The van der Waals surface area contributed by atoms with Gasteiger partial charge in [0.15, 0.2) is 0 Å². The van der Waals surface area contributed by atoms with Gasteiger partial charge in [0.2, 0.25) is 5.91 Å². The van der Waals surface area contributed by atoms with Crippen LogP contribution in [0.5, 0.6) is 0 Å². The minimum absolute atomic E-state index is 0.181. The monoisotopic (exact) mass is 273 g/mol. The molecule has 2 amide bonds. The number of nitrogens with zero attached hydrogens (tertiary/aromatic N) is 2. The zero-order valence-electron chi connectivity index (χ0n) is 10.7. The average Bonchev–Trinajstić information content (AvgIpc) is 2.88. The van der Waals surface area contributed by atoms with Crippen LogP contribution in [0.15, 0.2) is 36.7 Å². The summed E-state index contributed by atoms with van der Waals surface area (Å²) in [6, 6.07) is 7.02. The van der Waals surface area contributed by atoms with Crippen molar-refractivity contribution >= 4 is 23.2 Å². The summed E-state index contributed by atoms with van der Waals surface area (Å²) in [5.41, 5.74) is 12.3. The Bertz CT molecular complexity index is 635. The van der Waals surface area contributed by atoms with Gasteiger partial charge in [0.05, 0.1) is 23.1 Å². The molecular weight excluding hydrogens is 258 g/mol. The van der Waals surface area contributed by atoms with Gasteiger partial charge in [-0.25, -0.2) is 0 Å². The number of para-hydroxylation sites is 2. The molecule has 20 heavy (non-hydrogen) atoms. The predicted octanol–water partition coefficient (Wildman–Crippen LogP) is 0.593. The maximum absolute atomic E-state index is 11.8. The van der Waals surface area contributed by atoms with Crippen LogP contribution >= 0.6 is 0 Å². The highest BCUT2D eigenvalue weighted by Gasteiger charge is 2.07. The molecule has 0 atom stereocenters. The highest BCUT2D eigenvalue weighted by atomic mass is 16.2. The number of benzene rings is 1. The lowest BCUT2D eigenvalue weighted by atomic mass is 10.2. The summed E-state index contributed by atoms with van der Waals surface area (Å²) in [5, 5.41) is 6.66. The van der Waals surface area contributed by atoms with Crippen LogP contribution in [0.3, 0.4) is 0 Å². The zero-order valence-corrected chi connectivity index (χ0v) is 10.7. The first kappa shape index (κ1) is 13.6. The van der Waals surface area contributed by atoms with Gasteiger partial charge in [0.25, 0.3) is 5.91 Å². The van der Waals surface area contributed by atoms with E-state index in [-0.39, 0.29) is 12.3 Å². The first-order valence-electron chi connectivity index (χ1n) is 6.03. The van der Waals surface area contributed by atoms with Crippen LogP contribution in [0.25, 0.3) is 0 Å². The van der Waals surface area contributed by atoms with Crippen molar-refractivity contribution in [2.24, 2.45) is 5.73 Å². The van der Waals surface area contributed by atoms with Crippen LogP contribution in [0, 0.1) is 0 Å². The van der Waals surface area contributed by atoms with E-state index in [1.807, 2.05) is 0 Å². The molecular formula is C13H15N5O2. The molecule has 1 aromatic carbocycles. The second-order valence-electron chi connectivity index (χ2n) is 4.24. The minimum Gasteiger partial charge on any atom is -0.397 e. The summed E-state index contributed by atoms with van der Waals surface area (Å²) in [4.78, 5) is 22.7. The van der Waals surface area contributed by atoms with Gasteiger partial charge in [0.1, 0.15) is 0 Å². The van der Waals surface area contributed by atoms with Crippen LogP contribution in [0.4, 0.5) is 11.4 Å². The molecule has 0 fully saturated rings. The average molecular weight is 273 g/mol. The number of hydrogen-bond donors (Lipinski definition) is 3. The van der Waals surface area contributed by atoms with Gasteiger partial charge in [-0.2, -0.15) is 5.10 Å². The van der Waals surface area contributed by atoms with Gasteiger partial charge in [-0.05, 0) is 12.1 Å². The Hall–Kier alpha value is -2.83. The zero-order chi connectivity index (χ0) is 14.5. The van der Waals surface area contributed by atoms with E-state index in [0.717, 1.165) is 0 Å². The summed E-state index contributed by atoms with van der Waals surface area (Å²) >= 11 is 0. The number of nitrogens with one attached hydrogen (secondary N) is 1. The van der Waals surface area contributed by atoms with Crippen molar-refractivity contribution in [2.45, 2.75) is 13.0 Å². The lowest BCUT2D eigenvalue weighted by Crippen LogP contribution is -2.15. The van der Waals surface area contributed by atoms with E-state index < -0.39 is 5.91 Å². The molecule has 0 bridgehead atoms. The number of carbonyl (C=O) groups is 2. The molecule has 2 aromatic rings. The fourth-order valence-corrected chi connectivity index (χ4v) is 1.65. The molecule has 0 spiro atoms. The molecule has 0 saturated heterocycles. The SMILES string of the molecule is NC(=O)c1cnn(CCC(=O)Nc2ccccc2N)c1. The molecule has 5 N–H and O–H groups in total. The summed E-state index contributed by atoms with van der Waals surface area (Å²) in [5.74, 6) is -0.725. The molecule has 7 heteroatoms. The fraction of sp³-hybridized carbons (Fsp3) is 0.154. The Morgan fingerprint density at radius 1 is 1.30 bits per heavy atom. The number of primary amides is 1. The lowest BCUT2D eigenvalue weighted by molar-refractivity contribution is -0.116. The Balaban J connectivity index is 1.89. The summed E-state index contributed by atoms with van der Waals surface area (Å²) in [6.45, 7) is 0.353. The minimum atomic E-state index is -0.544. The van der Waals surface area contributed by atoms with Crippen molar-refractivity contribution in [1.82, 2.24) is 9.78 Å². The Labute approximate surface area is 115 Å². The maximum Gasteiger partial charge on any atom is 0.251 e. The smallest absolute Gasteiger partial charge is 0.251 e. The van der Waals surface area contributed by atoms with Crippen LogP contribution in [0.2, 0.25) is 0 Å². The number of rotatable bonds is 5. The molecule has 0 aliphatic rings. The van der Waals surface area contributed by atoms with E-state index >= 15 is 0 Å². The molecule has 0 aliphatic carbocycles.